The maximum atomic E-state index is 4.77. The molecule has 2 aromatic rings. The Morgan fingerprint density at radius 2 is 1.61 bits per heavy atom. The fraction of sp³-hybridized carbons (Fsp3) is 0.533. The Morgan fingerprint density at radius 3 is 2.11 bits per heavy atom. The van der Waals surface area contributed by atoms with Crippen LogP contribution in [0.25, 0.3) is 10.2 Å². The van der Waals surface area contributed by atoms with Crippen LogP contribution in [0.5, 0.6) is 0 Å². The number of hydrogen-bond acceptors (Lipinski definition) is 2. The van der Waals surface area contributed by atoms with Crippen molar-refractivity contribution in [3.05, 3.63) is 22.7 Å². The molecule has 1 heterocycles. The van der Waals surface area contributed by atoms with E-state index in [1.54, 1.807) is 0 Å². The Bertz CT molecular complexity index is 585. The molecule has 3 heteroatoms. The molecule has 0 radical (unpaired) electrons. The number of aromatic nitrogens is 1. The van der Waals surface area contributed by atoms with Gasteiger partial charge in [0.25, 0.3) is 0 Å². The van der Waals surface area contributed by atoms with Crippen molar-refractivity contribution in [3.8, 4) is 0 Å². The second-order valence-electron chi connectivity index (χ2n) is 6.93. The number of thiazole rings is 1. The van der Waals surface area contributed by atoms with Gasteiger partial charge >= 0.3 is 0 Å². The molecule has 0 aliphatic carbocycles. The molecule has 1 aromatic carbocycles. The Balaban J connectivity index is 2.65. The normalized spacial score (nSPS) is 13.3. The topological polar surface area (TPSA) is 12.9 Å². The highest BCUT2D eigenvalue weighted by atomic mass is 32.1. The zero-order valence-corrected chi connectivity index (χ0v) is 14.1. The maximum absolute atomic E-state index is 4.77. The van der Waals surface area contributed by atoms with E-state index in [1.807, 2.05) is 11.3 Å². The zero-order chi connectivity index (χ0) is 13.7. The first-order valence-corrected chi connectivity index (χ1v) is 7.69. The molecule has 0 aliphatic rings. The van der Waals surface area contributed by atoms with Crippen molar-refractivity contribution in [1.82, 2.24) is 4.98 Å². The van der Waals surface area contributed by atoms with Gasteiger partial charge in [-0.15, -0.1) is 20.6 Å². The van der Waals surface area contributed by atoms with Gasteiger partial charge in [-0.1, -0.05) is 41.5 Å². The third-order valence-corrected chi connectivity index (χ3v) is 4.93. The molecule has 1 unspecified atom stereocenters. The lowest BCUT2D eigenvalue weighted by Crippen LogP contribution is -2.18. The van der Waals surface area contributed by atoms with E-state index >= 15 is 0 Å². The van der Waals surface area contributed by atoms with Gasteiger partial charge in [-0.2, -0.15) is 0 Å². The summed E-state index contributed by atoms with van der Waals surface area (Å²) in [5.41, 5.74) is 2.83. The number of fused-ring (bicyclic) bond motifs is 1. The predicted molar refractivity (Wildman–Crippen MR) is 86.4 cm³/mol. The molecule has 0 saturated carbocycles. The van der Waals surface area contributed by atoms with Crippen LogP contribution >= 0.6 is 20.6 Å². The summed E-state index contributed by atoms with van der Waals surface area (Å²) in [6, 6.07) is 4.51. The van der Waals surface area contributed by atoms with Crippen molar-refractivity contribution in [3.63, 3.8) is 0 Å². The van der Waals surface area contributed by atoms with Crippen LogP contribution in [0.3, 0.4) is 0 Å². The second-order valence-corrected chi connectivity index (χ2v) is 8.58. The Labute approximate surface area is 116 Å². The first-order valence-electron chi connectivity index (χ1n) is 6.30. The highest BCUT2D eigenvalue weighted by Crippen LogP contribution is 2.33. The van der Waals surface area contributed by atoms with Crippen molar-refractivity contribution in [2.24, 2.45) is 0 Å². The average molecular weight is 279 g/mol. The van der Waals surface area contributed by atoms with Gasteiger partial charge in [0, 0.05) is 5.41 Å². The average Bonchev–Trinajstić information content (AvgIpc) is 2.56. The molecule has 1 nitrogen and oxygen atoms in total. The Morgan fingerprint density at radius 1 is 1.00 bits per heavy atom. The fourth-order valence-electron chi connectivity index (χ4n) is 1.96. The summed E-state index contributed by atoms with van der Waals surface area (Å²) in [7, 11) is 2.85. The van der Waals surface area contributed by atoms with Crippen LogP contribution in [-0.2, 0) is 10.8 Å². The molecule has 0 amide bonds. The van der Waals surface area contributed by atoms with Crippen LogP contribution in [0, 0.1) is 0 Å². The first-order chi connectivity index (χ1) is 8.09. The fourth-order valence-corrected chi connectivity index (χ4v) is 3.68. The summed E-state index contributed by atoms with van der Waals surface area (Å²) < 4.78 is 1.30. The second kappa shape index (κ2) is 4.28. The van der Waals surface area contributed by atoms with E-state index in [-0.39, 0.29) is 10.8 Å². The molecule has 0 bridgehead atoms. The van der Waals surface area contributed by atoms with Gasteiger partial charge < -0.3 is 0 Å². The van der Waals surface area contributed by atoms with Gasteiger partial charge in [-0.3, -0.25) is 0 Å². The molecule has 18 heavy (non-hydrogen) atoms. The van der Waals surface area contributed by atoms with Crippen molar-refractivity contribution < 1.29 is 0 Å². The minimum atomic E-state index is 0.132. The Hall–Kier alpha value is -0.460. The molecular weight excluding hydrogens is 257 g/mol. The number of hydrogen-bond donors (Lipinski definition) is 0. The lowest BCUT2D eigenvalue weighted by Gasteiger charge is -2.21. The van der Waals surface area contributed by atoms with Crippen molar-refractivity contribution in [1.29, 1.82) is 0 Å². The van der Waals surface area contributed by atoms with Crippen LogP contribution in [-0.4, -0.2) is 4.98 Å². The van der Waals surface area contributed by atoms with Gasteiger partial charge in [0.2, 0.25) is 0 Å². The molecule has 0 N–H and O–H groups in total. The molecule has 0 spiro atoms. The van der Waals surface area contributed by atoms with Crippen molar-refractivity contribution in [2.75, 3.05) is 0 Å². The van der Waals surface area contributed by atoms with E-state index in [4.69, 9.17) is 4.98 Å². The Kier molecular flexibility index (Phi) is 3.32. The van der Waals surface area contributed by atoms with E-state index in [9.17, 15) is 0 Å². The van der Waals surface area contributed by atoms with E-state index in [2.05, 4.69) is 62.9 Å². The van der Waals surface area contributed by atoms with E-state index in [1.165, 1.54) is 20.6 Å². The monoisotopic (exact) mass is 279 g/mol. The van der Waals surface area contributed by atoms with Gasteiger partial charge in [0.1, 0.15) is 0 Å². The molecule has 0 saturated heterocycles. The molecular formula is C15H22NPS. The summed E-state index contributed by atoms with van der Waals surface area (Å²) >= 11 is 1.82. The van der Waals surface area contributed by atoms with Crippen LogP contribution < -0.4 is 5.30 Å². The maximum Gasteiger partial charge on any atom is 0.0992 e. The van der Waals surface area contributed by atoms with Crippen LogP contribution in [0.4, 0.5) is 0 Å². The molecule has 2 rings (SSSR count). The molecule has 0 aliphatic heterocycles. The quantitative estimate of drug-likeness (QED) is 0.652. The zero-order valence-electron chi connectivity index (χ0n) is 12.1. The summed E-state index contributed by atoms with van der Waals surface area (Å²) in [6.45, 7) is 13.4. The third-order valence-electron chi connectivity index (χ3n) is 3.01. The van der Waals surface area contributed by atoms with Gasteiger partial charge in [-0.25, -0.2) is 4.98 Å². The predicted octanol–water partition coefficient (Wildman–Crippen LogP) is 4.39. The first kappa shape index (κ1) is 14.0. The van der Waals surface area contributed by atoms with Gasteiger partial charge in [0.05, 0.1) is 15.2 Å². The largest absolute Gasteiger partial charge is 0.241 e. The lowest BCUT2D eigenvalue weighted by atomic mass is 9.87. The highest BCUT2D eigenvalue weighted by molar-refractivity contribution is 7.27. The highest BCUT2D eigenvalue weighted by Gasteiger charge is 2.21. The summed E-state index contributed by atoms with van der Waals surface area (Å²) in [6.07, 6.45) is 0. The van der Waals surface area contributed by atoms with Crippen LogP contribution in [0.15, 0.2) is 12.1 Å². The van der Waals surface area contributed by atoms with E-state index in [0.717, 1.165) is 5.52 Å². The SMILES string of the molecule is CC(C)(C)c1nc2cc(P)c(C(C)(C)C)cc2s1. The third kappa shape index (κ3) is 2.60. The minimum Gasteiger partial charge on any atom is -0.241 e. The minimum absolute atomic E-state index is 0.132. The molecule has 1 aromatic heterocycles. The molecule has 98 valence electrons. The summed E-state index contributed by atoms with van der Waals surface area (Å²) in [4.78, 5) is 4.77. The van der Waals surface area contributed by atoms with Crippen molar-refractivity contribution in [2.45, 2.75) is 52.4 Å². The van der Waals surface area contributed by atoms with E-state index in [0.29, 0.717) is 0 Å². The summed E-state index contributed by atoms with van der Waals surface area (Å²) in [5, 5.41) is 2.48. The standard InChI is InChI=1S/C15H22NPS/c1-14(2,3)9-7-12-10(8-11(9)17)16-13(18-12)15(4,5)6/h7-8H,17H2,1-6H3. The molecule has 0 fully saturated rings. The van der Waals surface area contributed by atoms with Crippen LogP contribution in [0.1, 0.15) is 52.1 Å². The number of benzene rings is 1. The van der Waals surface area contributed by atoms with Crippen LogP contribution in [0.2, 0.25) is 0 Å². The molecule has 1 atom stereocenters. The van der Waals surface area contributed by atoms with Gasteiger partial charge in [-0.05, 0) is 28.4 Å². The van der Waals surface area contributed by atoms with Gasteiger partial charge in [0.15, 0.2) is 0 Å². The van der Waals surface area contributed by atoms with Crippen molar-refractivity contribution >= 4 is 36.1 Å². The number of nitrogens with zero attached hydrogens (tertiary/aromatic N) is 1. The van der Waals surface area contributed by atoms with E-state index < -0.39 is 0 Å². The number of rotatable bonds is 0. The summed E-state index contributed by atoms with van der Waals surface area (Å²) in [5.74, 6) is 0. The smallest absolute Gasteiger partial charge is 0.0992 e. The lowest BCUT2D eigenvalue weighted by molar-refractivity contribution is 0.587.